The molecule has 9 heteroatoms. The number of carbonyl (C=O) groups excluding carboxylic acids is 1. The fourth-order valence-electron chi connectivity index (χ4n) is 3.06. The first-order chi connectivity index (χ1) is 12.0. The summed E-state index contributed by atoms with van der Waals surface area (Å²) in [6.07, 6.45) is 2.43. The lowest BCUT2D eigenvalue weighted by molar-refractivity contribution is -0.116. The van der Waals surface area contributed by atoms with Gasteiger partial charge < -0.3 is 15.3 Å². The molecule has 0 unspecified atom stereocenters. The largest absolute Gasteiger partial charge is 0.477 e. The lowest BCUT2D eigenvalue weighted by Crippen LogP contribution is -2.36. The maximum Gasteiger partial charge on any atom is 0.348 e. The summed E-state index contributed by atoms with van der Waals surface area (Å²) in [7, 11) is 0. The number of aromatic nitrogens is 3. The smallest absolute Gasteiger partial charge is 0.348 e. The standard InChI is InChI=1S/C16H21N5O3S/c1-10-17-15(20-19-10)11-3-2-6-21(9-11)7-4-13(22)18-12-5-8-25-14(12)16(23)24/h5,8,11H,2-4,6-7,9H2,1H3,(H,18,22)(H,23,24)(H,17,19,20)/t11-/m1/s1. The minimum absolute atomic E-state index is 0.159. The van der Waals surface area contributed by atoms with Gasteiger partial charge in [-0.25, -0.2) is 9.78 Å². The number of nitrogens with one attached hydrogen (secondary N) is 2. The Kier molecular flexibility index (Phi) is 5.44. The molecule has 2 aromatic rings. The van der Waals surface area contributed by atoms with Crippen molar-refractivity contribution in [1.82, 2.24) is 20.1 Å². The molecule has 1 amide bonds. The monoisotopic (exact) mass is 363 g/mol. The summed E-state index contributed by atoms with van der Waals surface area (Å²) in [4.78, 5) is 30.0. The number of rotatable bonds is 6. The van der Waals surface area contributed by atoms with Crippen LogP contribution in [-0.4, -0.2) is 56.7 Å². The van der Waals surface area contributed by atoms with E-state index in [1.165, 1.54) is 0 Å². The number of hydrogen-bond donors (Lipinski definition) is 3. The van der Waals surface area contributed by atoms with E-state index in [0.29, 0.717) is 18.7 Å². The van der Waals surface area contributed by atoms with Crippen molar-refractivity contribution in [3.05, 3.63) is 28.0 Å². The summed E-state index contributed by atoms with van der Waals surface area (Å²) < 4.78 is 0. The summed E-state index contributed by atoms with van der Waals surface area (Å²) in [6.45, 7) is 4.31. The van der Waals surface area contributed by atoms with Gasteiger partial charge in [-0.3, -0.25) is 9.89 Å². The van der Waals surface area contributed by atoms with Crippen LogP contribution in [0.15, 0.2) is 11.4 Å². The van der Waals surface area contributed by atoms with Crippen LogP contribution in [0.3, 0.4) is 0 Å². The quantitative estimate of drug-likeness (QED) is 0.724. The van der Waals surface area contributed by atoms with Gasteiger partial charge in [0.15, 0.2) is 5.82 Å². The molecule has 0 radical (unpaired) electrons. The van der Waals surface area contributed by atoms with Gasteiger partial charge in [-0.15, -0.1) is 11.3 Å². The second-order valence-corrected chi connectivity index (χ2v) is 7.10. The van der Waals surface area contributed by atoms with Crippen LogP contribution in [0.2, 0.25) is 0 Å². The predicted octanol–water partition coefficient (Wildman–Crippen LogP) is 2.08. The van der Waals surface area contributed by atoms with Crippen LogP contribution in [0.25, 0.3) is 0 Å². The zero-order valence-electron chi connectivity index (χ0n) is 14.0. The summed E-state index contributed by atoms with van der Waals surface area (Å²) in [5.74, 6) is 0.757. The van der Waals surface area contributed by atoms with Crippen molar-refractivity contribution in [2.24, 2.45) is 0 Å². The normalized spacial score (nSPS) is 18.2. The zero-order chi connectivity index (χ0) is 17.8. The Balaban J connectivity index is 1.50. The van der Waals surface area contributed by atoms with Gasteiger partial charge in [0.2, 0.25) is 5.91 Å². The second kappa shape index (κ2) is 7.75. The number of carboxylic acids is 1. The van der Waals surface area contributed by atoms with Gasteiger partial charge >= 0.3 is 5.97 Å². The predicted molar refractivity (Wildman–Crippen MR) is 94.1 cm³/mol. The lowest BCUT2D eigenvalue weighted by atomic mass is 9.97. The van der Waals surface area contributed by atoms with Gasteiger partial charge in [0.1, 0.15) is 10.7 Å². The first-order valence-electron chi connectivity index (χ1n) is 8.25. The van der Waals surface area contributed by atoms with Crippen LogP contribution in [0.4, 0.5) is 5.69 Å². The molecule has 3 N–H and O–H groups in total. The maximum atomic E-state index is 12.1. The number of thiophene rings is 1. The highest BCUT2D eigenvalue weighted by atomic mass is 32.1. The third-order valence-corrected chi connectivity index (χ3v) is 5.18. The number of aryl methyl sites for hydroxylation is 1. The fraction of sp³-hybridized carbons (Fsp3) is 0.500. The van der Waals surface area contributed by atoms with Crippen molar-refractivity contribution >= 4 is 28.9 Å². The van der Waals surface area contributed by atoms with Gasteiger partial charge in [-0.05, 0) is 37.8 Å². The summed E-state index contributed by atoms with van der Waals surface area (Å²) in [5, 5.41) is 20.6. The van der Waals surface area contributed by atoms with Crippen molar-refractivity contribution in [3.8, 4) is 0 Å². The van der Waals surface area contributed by atoms with E-state index in [0.717, 1.165) is 48.9 Å². The number of amides is 1. The number of aromatic carboxylic acids is 1. The number of H-pyrrole nitrogens is 1. The van der Waals surface area contributed by atoms with E-state index in [2.05, 4.69) is 25.4 Å². The molecule has 1 atom stereocenters. The fourth-order valence-corrected chi connectivity index (χ4v) is 3.74. The Bertz CT molecular complexity index is 757. The van der Waals surface area contributed by atoms with Crippen LogP contribution in [0.1, 0.15) is 46.5 Å². The Hall–Kier alpha value is -2.26. The number of hydrogen-bond acceptors (Lipinski definition) is 6. The van der Waals surface area contributed by atoms with E-state index in [1.54, 1.807) is 11.4 Å². The highest BCUT2D eigenvalue weighted by Crippen LogP contribution is 2.25. The maximum absolute atomic E-state index is 12.1. The van der Waals surface area contributed by atoms with E-state index < -0.39 is 5.97 Å². The Morgan fingerprint density at radius 3 is 3.08 bits per heavy atom. The molecule has 1 aliphatic heterocycles. The first-order valence-corrected chi connectivity index (χ1v) is 9.13. The lowest BCUT2D eigenvalue weighted by Gasteiger charge is -2.31. The van der Waals surface area contributed by atoms with Crippen LogP contribution >= 0.6 is 11.3 Å². The number of nitrogens with zero attached hydrogens (tertiary/aromatic N) is 3. The van der Waals surface area contributed by atoms with Crippen molar-refractivity contribution < 1.29 is 14.7 Å². The molecule has 2 aromatic heterocycles. The van der Waals surface area contributed by atoms with Gasteiger partial charge in [0.05, 0.1) is 5.69 Å². The molecular formula is C16H21N5O3S. The van der Waals surface area contributed by atoms with Gasteiger partial charge in [-0.2, -0.15) is 5.10 Å². The number of carbonyl (C=O) groups is 2. The SMILES string of the molecule is Cc1nc([C@@H]2CCCN(CCC(=O)Nc3ccsc3C(=O)O)C2)n[nH]1. The van der Waals surface area contributed by atoms with Gasteiger partial charge in [0, 0.05) is 25.4 Å². The third-order valence-electron chi connectivity index (χ3n) is 4.27. The van der Waals surface area contributed by atoms with Crippen molar-refractivity contribution in [1.29, 1.82) is 0 Å². The second-order valence-electron chi connectivity index (χ2n) is 6.19. The minimum Gasteiger partial charge on any atom is -0.477 e. The summed E-state index contributed by atoms with van der Waals surface area (Å²) >= 11 is 1.10. The molecule has 0 saturated carbocycles. The average molecular weight is 363 g/mol. The number of aromatic amines is 1. The molecule has 25 heavy (non-hydrogen) atoms. The Labute approximate surface area is 149 Å². The molecule has 1 aliphatic rings. The van der Waals surface area contributed by atoms with Crippen LogP contribution < -0.4 is 5.32 Å². The minimum atomic E-state index is -1.02. The molecule has 0 bridgehead atoms. The Morgan fingerprint density at radius 1 is 1.52 bits per heavy atom. The van der Waals surface area contributed by atoms with Crippen LogP contribution in [-0.2, 0) is 4.79 Å². The number of anilines is 1. The summed E-state index contributed by atoms with van der Waals surface area (Å²) in [6, 6.07) is 1.62. The molecule has 8 nitrogen and oxygen atoms in total. The number of carboxylic acid groups (broad SMARTS) is 1. The molecule has 0 spiro atoms. The highest BCUT2D eigenvalue weighted by molar-refractivity contribution is 7.12. The molecule has 0 aromatic carbocycles. The third kappa shape index (κ3) is 4.43. The molecular weight excluding hydrogens is 342 g/mol. The highest BCUT2D eigenvalue weighted by Gasteiger charge is 2.24. The topological polar surface area (TPSA) is 111 Å². The van der Waals surface area contributed by atoms with E-state index in [-0.39, 0.29) is 16.7 Å². The van der Waals surface area contributed by atoms with Crippen LogP contribution in [0, 0.1) is 6.92 Å². The molecule has 1 fully saturated rings. The van der Waals surface area contributed by atoms with Crippen molar-refractivity contribution in [2.45, 2.75) is 32.1 Å². The number of piperidine rings is 1. The van der Waals surface area contributed by atoms with Crippen molar-refractivity contribution in [2.75, 3.05) is 25.0 Å². The molecule has 0 aliphatic carbocycles. The van der Waals surface area contributed by atoms with E-state index in [4.69, 9.17) is 5.11 Å². The van der Waals surface area contributed by atoms with E-state index in [9.17, 15) is 9.59 Å². The number of likely N-dealkylation sites (tertiary alicyclic amines) is 1. The van der Waals surface area contributed by atoms with Crippen LogP contribution in [0.5, 0.6) is 0 Å². The average Bonchev–Trinajstić information content (AvgIpc) is 3.22. The Morgan fingerprint density at radius 2 is 2.36 bits per heavy atom. The first kappa shape index (κ1) is 17.6. The molecule has 3 heterocycles. The van der Waals surface area contributed by atoms with Gasteiger partial charge in [0.25, 0.3) is 0 Å². The zero-order valence-corrected chi connectivity index (χ0v) is 14.8. The van der Waals surface area contributed by atoms with E-state index in [1.807, 2.05) is 6.92 Å². The van der Waals surface area contributed by atoms with Gasteiger partial charge in [-0.1, -0.05) is 0 Å². The molecule has 3 rings (SSSR count). The molecule has 1 saturated heterocycles. The summed E-state index contributed by atoms with van der Waals surface area (Å²) in [5.41, 5.74) is 0.371. The van der Waals surface area contributed by atoms with E-state index >= 15 is 0 Å². The van der Waals surface area contributed by atoms with Crippen molar-refractivity contribution in [3.63, 3.8) is 0 Å². The molecule has 134 valence electrons.